The summed E-state index contributed by atoms with van der Waals surface area (Å²) in [4.78, 5) is 14.0. The maximum atomic E-state index is 12.2. The summed E-state index contributed by atoms with van der Waals surface area (Å²) >= 11 is 0. The number of hydrogen-bond acceptors (Lipinski definition) is 2. The third-order valence-corrected chi connectivity index (χ3v) is 4.12. The van der Waals surface area contributed by atoms with Crippen molar-refractivity contribution < 1.29 is 9.53 Å². The van der Waals surface area contributed by atoms with Gasteiger partial charge in [-0.3, -0.25) is 0 Å². The minimum atomic E-state index is -0.793. The molecule has 1 aliphatic heterocycles. The first-order valence-corrected chi connectivity index (χ1v) is 8.37. The van der Waals surface area contributed by atoms with Crippen molar-refractivity contribution in [1.82, 2.24) is 4.90 Å². The van der Waals surface area contributed by atoms with Crippen LogP contribution in [0, 0.1) is 32.6 Å². The van der Waals surface area contributed by atoms with Crippen molar-refractivity contribution in [2.75, 3.05) is 13.1 Å². The third-order valence-electron chi connectivity index (χ3n) is 4.12. The fourth-order valence-electron chi connectivity index (χ4n) is 2.98. The lowest BCUT2D eigenvalue weighted by Crippen LogP contribution is -2.40. The molecule has 23 heavy (non-hydrogen) atoms. The maximum absolute atomic E-state index is 12.2. The summed E-state index contributed by atoms with van der Waals surface area (Å²) in [6.45, 7) is 11.5. The molecule has 1 heterocycles. The van der Waals surface area contributed by atoms with E-state index in [-0.39, 0.29) is 6.09 Å². The number of aryl methyl sites for hydroxylation is 3. The van der Waals surface area contributed by atoms with Crippen LogP contribution in [0.4, 0.5) is 4.79 Å². The number of ether oxygens (including phenoxy) is 1. The molecule has 3 heteroatoms. The molecule has 1 fully saturated rings. The van der Waals surface area contributed by atoms with Gasteiger partial charge in [0.2, 0.25) is 0 Å². The Bertz CT molecular complexity index is 620. The van der Waals surface area contributed by atoms with Crippen LogP contribution in [0.25, 0.3) is 0 Å². The molecule has 0 unspecified atom stereocenters. The van der Waals surface area contributed by atoms with Crippen molar-refractivity contribution in [2.45, 2.75) is 59.5 Å². The molecule has 2 rings (SSSR count). The van der Waals surface area contributed by atoms with Crippen LogP contribution >= 0.6 is 0 Å². The minimum Gasteiger partial charge on any atom is -0.430 e. The molecule has 1 amide bonds. The van der Waals surface area contributed by atoms with Crippen LogP contribution in [-0.4, -0.2) is 29.7 Å². The number of carbonyl (C=O) groups excluding carboxylic acids is 1. The lowest BCUT2D eigenvalue weighted by Gasteiger charge is -2.29. The lowest BCUT2D eigenvalue weighted by atomic mass is 9.99. The van der Waals surface area contributed by atoms with E-state index in [4.69, 9.17) is 4.74 Å². The molecule has 0 atom stereocenters. The number of amides is 1. The first-order chi connectivity index (χ1) is 10.8. The van der Waals surface area contributed by atoms with E-state index >= 15 is 0 Å². The van der Waals surface area contributed by atoms with Gasteiger partial charge in [0, 0.05) is 18.7 Å². The summed E-state index contributed by atoms with van der Waals surface area (Å²) in [5, 5.41) is 0. The normalized spacial score (nSPS) is 14.9. The zero-order valence-corrected chi connectivity index (χ0v) is 15.0. The molecule has 3 nitrogen and oxygen atoms in total. The van der Waals surface area contributed by atoms with E-state index in [2.05, 4.69) is 44.7 Å². The Labute approximate surface area is 140 Å². The molecule has 0 saturated carbocycles. The number of piperidine rings is 1. The van der Waals surface area contributed by atoms with Gasteiger partial charge in [-0.15, -0.1) is 0 Å². The number of benzene rings is 1. The van der Waals surface area contributed by atoms with E-state index in [9.17, 15) is 4.79 Å². The van der Waals surface area contributed by atoms with Gasteiger partial charge in [0.1, 0.15) is 0 Å². The van der Waals surface area contributed by atoms with Crippen molar-refractivity contribution in [3.8, 4) is 11.8 Å². The zero-order valence-electron chi connectivity index (χ0n) is 15.0. The second-order valence-corrected chi connectivity index (χ2v) is 6.95. The largest absolute Gasteiger partial charge is 0.430 e. The SMILES string of the molecule is Cc1cc(C)c(C#CC(C)(C)OC(=O)N2CCCCC2)c(C)c1. The van der Waals surface area contributed by atoms with E-state index in [0.717, 1.165) is 42.6 Å². The van der Waals surface area contributed by atoms with Crippen LogP contribution < -0.4 is 0 Å². The Morgan fingerprint density at radius 1 is 1.09 bits per heavy atom. The topological polar surface area (TPSA) is 29.5 Å². The highest BCUT2D eigenvalue weighted by Crippen LogP contribution is 2.18. The molecule has 0 spiro atoms. The maximum Gasteiger partial charge on any atom is 0.411 e. The number of nitrogens with zero attached hydrogens (tertiary/aromatic N) is 1. The molecular formula is C20H27NO2. The molecule has 124 valence electrons. The molecule has 1 aliphatic rings. The monoisotopic (exact) mass is 313 g/mol. The Balaban J connectivity index is 2.11. The second kappa shape index (κ2) is 7.08. The third kappa shape index (κ3) is 4.76. The molecule has 0 N–H and O–H groups in total. The average molecular weight is 313 g/mol. The highest BCUT2D eigenvalue weighted by Gasteiger charge is 2.25. The van der Waals surface area contributed by atoms with Gasteiger partial charge in [-0.05, 0) is 65.0 Å². The Hall–Kier alpha value is -1.95. The number of carbonyl (C=O) groups is 1. The highest BCUT2D eigenvalue weighted by atomic mass is 16.6. The summed E-state index contributed by atoms with van der Waals surface area (Å²) in [5.74, 6) is 6.34. The van der Waals surface area contributed by atoms with E-state index < -0.39 is 5.60 Å². The molecule has 1 aromatic carbocycles. The average Bonchev–Trinajstić information content (AvgIpc) is 2.46. The van der Waals surface area contributed by atoms with Gasteiger partial charge < -0.3 is 9.64 Å². The summed E-state index contributed by atoms with van der Waals surface area (Å²) in [5.41, 5.74) is 3.79. The predicted molar refractivity (Wildman–Crippen MR) is 93.5 cm³/mol. The van der Waals surface area contributed by atoms with Gasteiger partial charge in [0.05, 0.1) is 0 Å². The molecule has 0 radical (unpaired) electrons. The van der Waals surface area contributed by atoms with Gasteiger partial charge >= 0.3 is 6.09 Å². The van der Waals surface area contributed by atoms with Crippen molar-refractivity contribution in [3.63, 3.8) is 0 Å². The van der Waals surface area contributed by atoms with Crippen LogP contribution in [0.2, 0.25) is 0 Å². The van der Waals surface area contributed by atoms with Crippen LogP contribution in [0.1, 0.15) is 55.4 Å². The van der Waals surface area contributed by atoms with Crippen LogP contribution in [0.15, 0.2) is 12.1 Å². The van der Waals surface area contributed by atoms with Gasteiger partial charge in [-0.2, -0.15) is 0 Å². The van der Waals surface area contributed by atoms with E-state index in [1.165, 1.54) is 12.0 Å². The summed E-state index contributed by atoms with van der Waals surface area (Å²) in [7, 11) is 0. The summed E-state index contributed by atoms with van der Waals surface area (Å²) in [6, 6.07) is 4.26. The first-order valence-electron chi connectivity index (χ1n) is 8.37. The molecule has 0 bridgehead atoms. The van der Waals surface area contributed by atoms with Gasteiger partial charge in [-0.1, -0.05) is 29.5 Å². The van der Waals surface area contributed by atoms with Crippen molar-refractivity contribution in [2.24, 2.45) is 0 Å². The second-order valence-electron chi connectivity index (χ2n) is 6.95. The van der Waals surface area contributed by atoms with Crippen molar-refractivity contribution in [1.29, 1.82) is 0 Å². The van der Waals surface area contributed by atoms with Gasteiger partial charge in [0.25, 0.3) is 0 Å². The standard InChI is InChI=1S/C20H27NO2/c1-15-13-16(2)18(17(3)14-15)9-10-20(4,5)23-19(22)21-11-7-6-8-12-21/h13-14H,6-8,11-12H2,1-5H3. The van der Waals surface area contributed by atoms with E-state index in [1.807, 2.05) is 13.8 Å². The quantitative estimate of drug-likeness (QED) is 0.721. The van der Waals surface area contributed by atoms with Gasteiger partial charge in [0.15, 0.2) is 5.60 Å². The van der Waals surface area contributed by atoms with E-state index in [1.54, 1.807) is 4.90 Å². The fraction of sp³-hybridized carbons (Fsp3) is 0.550. The minimum absolute atomic E-state index is 0.249. The predicted octanol–water partition coefficient (Wildman–Crippen LogP) is 4.36. The highest BCUT2D eigenvalue weighted by molar-refractivity contribution is 5.68. The Morgan fingerprint density at radius 2 is 1.65 bits per heavy atom. The van der Waals surface area contributed by atoms with Crippen molar-refractivity contribution >= 4 is 6.09 Å². The molecule has 0 aromatic heterocycles. The number of likely N-dealkylation sites (tertiary alicyclic amines) is 1. The van der Waals surface area contributed by atoms with Crippen LogP contribution in [-0.2, 0) is 4.74 Å². The van der Waals surface area contributed by atoms with E-state index in [0.29, 0.717) is 0 Å². The Kier molecular flexibility index (Phi) is 5.36. The lowest BCUT2D eigenvalue weighted by molar-refractivity contribution is 0.0419. The molecule has 1 aromatic rings. The number of hydrogen-bond donors (Lipinski definition) is 0. The fourth-order valence-corrected chi connectivity index (χ4v) is 2.98. The van der Waals surface area contributed by atoms with Crippen molar-refractivity contribution in [3.05, 3.63) is 34.4 Å². The Morgan fingerprint density at radius 3 is 2.22 bits per heavy atom. The summed E-state index contributed by atoms with van der Waals surface area (Å²) < 4.78 is 5.62. The number of rotatable bonds is 1. The van der Waals surface area contributed by atoms with Gasteiger partial charge in [-0.25, -0.2) is 4.79 Å². The van der Waals surface area contributed by atoms with Crippen LogP contribution in [0.5, 0.6) is 0 Å². The smallest absolute Gasteiger partial charge is 0.411 e. The first kappa shape index (κ1) is 17.4. The molecule has 1 saturated heterocycles. The summed E-state index contributed by atoms with van der Waals surface area (Å²) in [6.07, 6.45) is 3.06. The zero-order chi connectivity index (χ0) is 17.0. The molecular weight excluding hydrogens is 286 g/mol. The van der Waals surface area contributed by atoms with Crippen LogP contribution in [0.3, 0.4) is 0 Å². The molecule has 0 aliphatic carbocycles.